The third kappa shape index (κ3) is 4.24. The Labute approximate surface area is 215 Å². The van der Waals surface area contributed by atoms with E-state index in [1.807, 2.05) is 52.1 Å². The van der Waals surface area contributed by atoms with Crippen LogP contribution in [0.1, 0.15) is 60.0 Å². The smallest absolute Gasteiger partial charge is 0.255 e. The van der Waals surface area contributed by atoms with Crippen molar-refractivity contribution in [2.75, 3.05) is 26.2 Å². The fourth-order valence-electron chi connectivity index (χ4n) is 6.01. The van der Waals surface area contributed by atoms with Gasteiger partial charge in [-0.25, -0.2) is 4.39 Å². The Bertz CT molecular complexity index is 1410. The van der Waals surface area contributed by atoms with E-state index in [2.05, 4.69) is 17.0 Å². The molecule has 8 heteroatoms. The minimum absolute atomic E-state index is 0.0238. The highest BCUT2D eigenvalue weighted by Crippen LogP contribution is 2.37. The molecular formula is C29H31FN4O3. The molecule has 2 aromatic carbocycles. The highest BCUT2D eigenvalue weighted by molar-refractivity contribution is 5.96. The fraction of sp³-hybridized carbons (Fsp3) is 0.379. The zero-order valence-electron chi connectivity index (χ0n) is 20.9. The van der Waals surface area contributed by atoms with Crippen molar-refractivity contribution in [3.8, 4) is 5.69 Å². The molecule has 1 N–H and O–H groups in total. The lowest BCUT2D eigenvalue weighted by Gasteiger charge is -2.40. The van der Waals surface area contributed by atoms with E-state index >= 15 is 0 Å². The molecule has 0 radical (unpaired) electrons. The monoisotopic (exact) mass is 502 g/mol. The molecule has 2 aromatic heterocycles. The van der Waals surface area contributed by atoms with E-state index in [-0.39, 0.29) is 23.7 Å². The minimum atomic E-state index is -0.816. The number of rotatable bonds is 5. The SMILES string of the molecule is CCCN1CC(N2CCC(c3noc4cc(F)ccc34)CC2)C(O)c2c(ccn2-c2ccccc2)C1=O. The van der Waals surface area contributed by atoms with Crippen LogP contribution in [0.15, 0.2) is 65.3 Å². The van der Waals surface area contributed by atoms with Crippen molar-refractivity contribution in [2.45, 2.75) is 44.2 Å². The van der Waals surface area contributed by atoms with Crippen LogP contribution in [0.25, 0.3) is 16.7 Å². The fourth-order valence-corrected chi connectivity index (χ4v) is 6.01. The topological polar surface area (TPSA) is 74.7 Å². The van der Waals surface area contributed by atoms with Crippen molar-refractivity contribution in [3.63, 3.8) is 0 Å². The van der Waals surface area contributed by atoms with Gasteiger partial charge in [-0.05, 0) is 62.7 Å². The second-order valence-corrected chi connectivity index (χ2v) is 10.1. The Hall–Kier alpha value is -3.49. The van der Waals surface area contributed by atoms with Gasteiger partial charge in [-0.1, -0.05) is 30.3 Å². The first kappa shape index (κ1) is 23.9. The number of carbonyl (C=O) groups excluding carboxylic acids is 1. The molecule has 4 heterocycles. The van der Waals surface area contributed by atoms with E-state index in [1.54, 1.807) is 6.07 Å². The lowest BCUT2D eigenvalue weighted by atomic mass is 9.90. The van der Waals surface area contributed by atoms with Crippen molar-refractivity contribution in [3.05, 3.63) is 83.6 Å². The highest BCUT2D eigenvalue weighted by atomic mass is 19.1. The average Bonchev–Trinajstić information content (AvgIpc) is 3.53. The average molecular weight is 503 g/mol. The molecule has 1 saturated heterocycles. The van der Waals surface area contributed by atoms with Gasteiger partial charge in [0, 0.05) is 42.3 Å². The molecule has 192 valence electrons. The van der Waals surface area contributed by atoms with Gasteiger partial charge < -0.3 is 19.1 Å². The number of aliphatic hydroxyl groups excluding tert-OH is 1. The van der Waals surface area contributed by atoms with E-state index < -0.39 is 6.10 Å². The molecule has 7 nitrogen and oxygen atoms in total. The van der Waals surface area contributed by atoms with Crippen LogP contribution in [0, 0.1) is 5.82 Å². The summed E-state index contributed by atoms with van der Waals surface area (Å²) in [6.45, 7) is 4.72. The molecule has 37 heavy (non-hydrogen) atoms. The number of hydrogen-bond donors (Lipinski definition) is 1. The van der Waals surface area contributed by atoms with E-state index in [0.717, 1.165) is 49.1 Å². The number of para-hydroxylation sites is 1. The number of piperidine rings is 1. The summed E-state index contributed by atoms with van der Waals surface area (Å²) in [7, 11) is 0. The molecule has 2 unspecified atom stereocenters. The van der Waals surface area contributed by atoms with Crippen LogP contribution in [-0.4, -0.2) is 62.8 Å². The molecule has 6 rings (SSSR count). The molecule has 0 spiro atoms. The van der Waals surface area contributed by atoms with Crippen molar-refractivity contribution in [2.24, 2.45) is 0 Å². The van der Waals surface area contributed by atoms with Gasteiger partial charge in [0.2, 0.25) is 0 Å². The molecule has 0 saturated carbocycles. The van der Waals surface area contributed by atoms with E-state index in [9.17, 15) is 14.3 Å². The molecule has 0 aliphatic carbocycles. The van der Waals surface area contributed by atoms with Gasteiger partial charge in [-0.3, -0.25) is 9.69 Å². The first-order valence-electron chi connectivity index (χ1n) is 13.1. The summed E-state index contributed by atoms with van der Waals surface area (Å²) in [5, 5.41) is 16.9. The first-order chi connectivity index (χ1) is 18.0. The lowest BCUT2D eigenvalue weighted by Crippen LogP contribution is -2.50. The number of nitrogens with zero attached hydrogens (tertiary/aromatic N) is 4. The van der Waals surface area contributed by atoms with Crippen LogP contribution in [0.4, 0.5) is 4.39 Å². The zero-order chi connectivity index (χ0) is 25.5. The Kier molecular flexibility index (Phi) is 6.30. The van der Waals surface area contributed by atoms with Gasteiger partial charge in [-0.2, -0.15) is 0 Å². The van der Waals surface area contributed by atoms with Crippen LogP contribution >= 0.6 is 0 Å². The van der Waals surface area contributed by atoms with E-state index in [0.29, 0.717) is 29.9 Å². The quantitative estimate of drug-likeness (QED) is 0.420. The first-order valence-corrected chi connectivity index (χ1v) is 13.1. The van der Waals surface area contributed by atoms with E-state index in [4.69, 9.17) is 4.52 Å². The molecule has 2 aliphatic heterocycles. The van der Waals surface area contributed by atoms with Gasteiger partial charge in [0.25, 0.3) is 5.91 Å². The van der Waals surface area contributed by atoms with Crippen molar-refractivity contribution in [1.82, 2.24) is 19.5 Å². The largest absolute Gasteiger partial charge is 0.385 e. The number of aromatic nitrogens is 2. The summed E-state index contributed by atoms with van der Waals surface area (Å²) in [4.78, 5) is 17.7. The number of aliphatic hydroxyl groups is 1. The van der Waals surface area contributed by atoms with Gasteiger partial charge in [0.05, 0.1) is 23.0 Å². The Morgan fingerprint density at radius 2 is 1.89 bits per heavy atom. The third-order valence-electron chi connectivity index (χ3n) is 7.87. The van der Waals surface area contributed by atoms with Crippen LogP contribution in [-0.2, 0) is 0 Å². The van der Waals surface area contributed by atoms with Gasteiger partial charge in [-0.15, -0.1) is 0 Å². The van der Waals surface area contributed by atoms with Crippen molar-refractivity contribution < 1.29 is 18.8 Å². The number of halogens is 1. The van der Waals surface area contributed by atoms with Gasteiger partial charge in [0.1, 0.15) is 11.9 Å². The second kappa shape index (κ2) is 9.76. The third-order valence-corrected chi connectivity index (χ3v) is 7.87. The maximum Gasteiger partial charge on any atom is 0.255 e. The summed E-state index contributed by atoms with van der Waals surface area (Å²) in [6, 6.07) is 16.0. The summed E-state index contributed by atoms with van der Waals surface area (Å²) in [5.74, 6) is -0.162. The number of likely N-dealkylation sites (tertiary alicyclic amines) is 1. The standard InChI is InChI=1S/C29H31FN4O3/c1-2-13-33-18-24(28(35)27-23(29(33)36)12-16-34(27)21-6-4-3-5-7-21)32-14-10-19(11-15-32)26-22-9-8-20(30)17-25(22)37-31-26/h3-9,12,16-17,19,24,28,35H,2,10-11,13-15,18H2,1H3. The second-order valence-electron chi connectivity index (χ2n) is 10.1. The predicted octanol–water partition coefficient (Wildman–Crippen LogP) is 4.91. The summed E-state index contributed by atoms with van der Waals surface area (Å²) in [6.07, 6.45) is 3.61. The van der Waals surface area contributed by atoms with Crippen LogP contribution in [0.2, 0.25) is 0 Å². The number of hydrogen-bond acceptors (Lipinski definition) is 5. The number of amides is 1. The number of benzene rings is 2. The molecule has 1 fully saturated rings. The molecule has 2 aliphatic rings. The van der Waals surface area contributed by atoms with Gasteiger partial charge >= 0.3 is 0 Å². The molecule has 0 bridgehead atoms. The van der Waals surface area contributed by atoms with Crippen molar-refractivity contribution in [1.29, 1.82) is 0 Å². The Morgan fingerprint density at radius 3 is 2.65 bits per heavy atom. The predicted molar refractivity (Wildman–Crippen MR) is 138 cm³/mol. The Balaban J connectivity index is 1.28. The molecular weight excluding hydrogens is 471 g/mol. The highest BCUT2D eigenvalue weighted by Gasteiger charge is 2.40. The van der Waals surface area contributed by atoms with E-state index in [1.165, 1.54) is 12.1 Å². The lowest BCUT2D eigenvalue weighted by molar-refractivity contribution is 0.0166. The maximum absolute atomic E-state index is 13.6. The molecule has 4 aromatic rings. The summed E-state index contributed by atoms with van der Waals surface area (Å²) >= 11 is 0. The summed E-state index contributed by atoms with van der Waals surface area (Å²) < 4.78 is 21.0. The van der Waals surface area contributed by atoms with Crippen LogP contribution in [0.5, 0.6) is 0 Å². The molecule has 1 amide bonds. The maximum atomic E-state index is 13.6. The Morgan fingerprint density at radius 1 is 1.11 bits per heavy atom. The normalized spacial score (nSPS) is 21.4. The number of carbonyl (C=O) groups is 1. The van der Waals surface area contributed by atoms with Crippen LogP contribution < -0.4 is 0 Å². The zero-order valence-corrected chi connectivity index (χ0v) is 20.9. The van der Waals surface area contributed by atoms with Crippen LogP contribution in [0.3, 0.4) is 0 Å². The number of fused-ring (bicyclic) bond motifs is 2. The van der Waals surface area contributed by atoms with Gasteiger partial charge in [0.15, 0.2) is 5.58 Å². The van der Waals surface area contributed by atoms with Crippen molar-refractivity contribution >= 4 is 16.9 Å². The summed E-state index contributed by atoms with van der Waals surface area (Å²) in [5.41, 5.74) is 3.50. The molecule has 2 atom stereocenters. The minimum Gasteiger partial charge on any atom is -0.385 e.